The molecule has 7 heteroatoms. The highest BCUT2D eigenvalue weighted by Crippen LogP contribution is 2.27. The number of aromatic hydroxyl groups is 1. The number of rotatable bonds is 2. The van der Waals surface area contributed by atoms with Gasteiger partial charge in [0, 0.05) is 12.6 Å². The van der Waals surface area contributed by atoms with Gasteiger partial charge in [0.2, 0.25) is 5.82 Å². The van der Waals surface area contributed by atoms with E-state index >= 15 is 0 Å². The van der Waals surface area contributed by atoms with E-state index in [1.54, 1.807) is 37.5 Å². The number of aryl methyl sites for hydroxylation is 1. The first kappa shape index (κ1) is 11.3. The molecule has 0 spiro atoms. The second-order valence-corrected chi connectivity index (χ2v) is 4.04. The third kappa shape index (κ3) is 1.90. The van der Waals surface area contributed by atoms with E-state index in [9.17, 15) is 5.11 Å². The molecule has 0 saturated carbocycles. The third-order valence-corrected chi connectivity index (χ3v) is 2.75. The van der Waals surface area contributed by atoms with Gasteiger partial charge in [-0.05, 0) is 12.1 Å². The lowest BCUT2D eigenvalue weighted by molar-refractivity contribution is 0.432. The first-order chi connectivity index (χ1) is 9.15. The lowest BCUT2D eigenvalue weighted by atomic mass is 10.2. The predicted octanol–water partition coefficient (Wildman–Crippen LogP) is 1.42. The zero-order chi connectivity index (χ0) is 13.4. The fraction of sp³-hybridized carbons (Fsp3) is 0.0833. The molecular weight excluding hydrogens is 246 g/mol. The van der Waals surface area contributed by atoms with E-state index in [1.165, 1.54) is 4.68 Å². The molecule has 0 saturated heterocycles. The molecule has 0 fully saturated rings. The van der Waals surface area contributed by atoms with Gasteiger partial charge in [0.05, 0.1) is 6.20 Å². The number of hydrogen-bond donors (Lipinski definition) is 2. The number of hydrogen-bond acceptors (Lipinski definition) is 6. The van der Waals surface area contributed by atoms with Gasteiger partial charge in [0.15, 0.2) is 0 Å². The van der Waals surface area contributed by atoms with Crippen LogP contribution in [0.15, 0.2) is 35.0 Å². The van der Waals surface area contributed by atoms with Gasteiger partial charge in [-0.3, -0.25) is 4.68 Å². The van der Waals surface area contributed by atoms with Crippen molar-refractivity contribution in [3.8, 4) is 28.6 Å². The minimum atomic E-state index is 0.143. The second kappa shape index (κ2) is 4.13. The number of nitrogen functional groups attached to an aromatic ring is 1. The van der Waals surface area contributed by atoms with Gasteiger partial charge >= 0.3 is 0 Å². The lowest BCUT2D eigenvalue weighted by Crippen LogP contribution is -1.98. The predicted molar refractivity (Wildman–Crippen MR) is 68.0 cm³/mol. The van der Waals surface area contributed by atoms with Crippen LogP contribution in [0.25, 0.3) is 22.8 Å². The van der Waals surface area contributed by atoms with Gasteiger partial charge < -0.3 is 15.4 Å². The first-order valence-corrected chi connectivity index (χ1v) is 5.56. The Morgan fingerprint density at radius 3 is 2.89 bits per heavy atom. The Balaban J connectivity index is 2.02. The molecule has 3 rings (SSSR count). The quantitative estimate of drug-likeness (QED) is 0.719. The number of aromatic nitrogens is 4. The zero-order valence-corrected chi connectivity index (χ0v) is 10.1. The molecule has 2 aromatic heterocycles. The van der Waals surface area contributed by atoms with Gasteiger partial charge in [0.25, 0.3) is 5.89 Å². The fourth-order valence-electron chi connectivity index (χ4n) is 1.71. The molecule has 0 unspecified atom stereocenters. The average molecular weight is 257 g/mol. The molecule has 3 N–H and O–H groups in total. The number of phenolic OH excluding ortho intramolecular Hbond substituents is 1. The minimum Gasteiger partial charge on any atom is -0.508 e. The number of phenols is 1. The monoisotopic (exact) mass is 257 g/mol. The number of nitrogens with zero attached hydrogens (tertiary/aromatic N) is 4. The smallest absolute Gasteiger partial charge is 0.263 e. The molecule has 1 aromatic carbocycles. The van der Waals surface area contributed by atoms with Crippen LogP contribution < -0.4 is 5.73 Å². The van der Waals surface area contributed by atoms with Crippen molar-refractivity contribution in [2.45, 2.75) is 0 Å². The summed E-state index contributed by atoms with van der Waals surface area (Å²) >= 11 is 0. The molecule has 2 heterocycles. The molecule has 0 radical (unpaired) electrons. The molecule has 0 amide bonds. The topological polar surface area (TPSA) is 103 Å². The van der Waals surface area contributed by atoms with Crippen LogP contribution in [0.1, 0.15) is 0 Å². The fourth-order valence-corrected chi connectivity index (χ4v) is 1.71. The molecule has 0 aliphatic rings. The van der Waals surface area contributed by atoms with E-state index in [1.807, 2.05) is 0 Å². The highest BCUT2D eigenvalue weighted by Gasteiger charge is 2.15. The van der Waals surface area contributed by atoms with Gasteiger partial charge in [0.1, 0.15) is 17.1 Å². The maximum absolute atomic E-state index is 9.43. The molecule has 0 aliphatic heterocycles. The van der Waals surface area contributed by atoms with Gasteiger partial charge in [-0.25, -0.2) is 0 Å². The average Bonchev–Trinajstić information content (AvgIpc) is 2.98. The van der Waals surface area contributed by atoms with Crippen molar-refractivity contribution in [2.75, 3.05) is 5.73 Å². The van der Waals surface area contributed by atoms with Crippen molar-refractivity contribution < 1.29 is 9.63 Å². The molecular formula is C12H11N5O2. The van der Waals surface area contributed by atoms with Gasteiger partial charge in [-0.15, -0.1) is 0 Å². The SMILES string of the molecule is Cn1ncc(-c2nc(-c3cccc(O)c3)no2)c1N. The molecule has 0 aliphatic carbocycles. The Labute approximate surface area is 108 Å². The van der Waals surface area contributed by atoms with Gasteiger partial charge in [-0.1, -0.05) is 17.3 Å². The molecule has 3 aromatic rings. The zero-order valence-electron chi connectivity index (χ0n) is 10.1. The van der Waals surface area contributed by atoms with Crippen molar-refractivity contribution in [3.63, 3.8) is 0 Å². The molecule has 0 atom stereocenters. The highest BCUT2D eigenvalue weighted by molar-refractivity contribution is 5.68. The summed E-state index contributed by atoms with van der Waals surface area (Å²) in [7, 11) is 1.73. The lowest BCUT2D eigenvalue weighted by Gasteiger charge is -1.95. The van der Waals surface area contributed by atoms with Crippen LogP contribution in [0.4, 0.5) is 5.82 Å². The first-order valence-electron chi connectivity index (χ1n) is 5.56. The Morgan fingerprint density at radius 1 is 1.37 bits per heavy atom. The maximum atomic E-state index is 9.43. The van der Waals surface area contributed by atoms with Crippen molar-refractivity contribution in [2.24, 2.45) is 7.05 Å². The summed E-state index contributed by atoms with van der Waals surface area (Å²) in [5.74, 6) is 1.27. The van der Waals surface area contributed by atoms with Crippen LogP contribution in [0, 0.1) is 0 Å². The van der Waals surface area contributed by atoms with E-state index in [2.05, 4.69) is 15.2 Å². The van der Waals surface area contributed by atoms with Crippen LogP contribution in [0.5, 0.6) is 5.75 Å². The summed E-state index contributed by atoms with van der Waals surface area (Å²) in [6.45, 7) is 0. The molecule has 96 valence electrons. The summed E-state index contributed by atoms with van der Waals surface area (Å²) in [5.41, 5.74) is 7.09. The summed E-state index contributed by atoms with van der Waals surface area (Å²) in [6.07, 6.45) is 1.56. The second-order valence-electron chi connectivity index (χ2n) is 4.04. The summed E-state index contributed by atoms with van der Waals surface area (Å²) in [5, 5.41) is 17.3. The van der Waals surface area contributed by atoms with Gasteiger partial charge in [-0.2, -0.15) is 10.1 Å². The van der Waals surface area contributed by atoms with E-state index in [0.29, 0.717) is 28.7 Å². The van der Waals surface area contributed by atoms with Crippen LogP contribution in [-0.2, 0) is 7.05 Å². The van der Waals surface area contributed by atoms with Crippen LogP contribution in [0.2, 0.25) is 0 Å². The molecule has 19 heavy (non-hydrogen) atoms. The molecule has 0 bridgehead atoms. The van der Waals surface area contributed by atoms with Crippen LogP contribution >= 0.6 is 0 Å². The number of anilines is 1. The summed E-state index contributed by atoms with van der Waals surface area (Å²) < 4.78 is 6.68. The van der Waals surface area contributed by atoms with E-state index in [-0.39, 0.29) is 5.75 Å². The van der Waals surface area contributed by atoms with Crippen molar-refractivity contribution >= 4 is 5.82 Å². The van der Waals surface area contributed by atoms with Crippen molar-refractivity contribution in [1.29, 1.82) is 0 Å². The third-order valence-electron chi connectivity index (χ3n) is 2.75. The molecule has 7 nitrogen and oxygen atoms in total. The Bertz CT molecular complexity index is 731. The Kier molecular flexibility index (Phi) is 2.45. The maximum Gasteiger partial charge on any atom is 0.263 e. The Morgan fingerprint density at radius 2 is 2.21 bits per heavy atom. The van der Waals surface area contributed by atoms with E-state index in [0.717, 1.165) is 0 Å². The normalized spacial score (nSPS) is 10.8. The number of nitrogens with two attached hydrogens (primary N) is 1. The van der Waals surface area contributed by atoms with E-state index in [4.69, 9.17) is 10.3 Å². The standard InChI is InChI=1S/C12H11N5O2/c1-17-10(13)9(6-14-17)12-15-11(16-19-12)7-3-2-4-8(18)5-7/h2-6,18H,13H2,1H3. The van der Waals surface area contributed by atoms with Crippen molar-refractivity contribution in [3.05, 3.63) is 30.5 Å². The number of benzene rings is 1. The summed E-state index contributed by atoms with van der Waals surface area (Å²) in [4.78, 5) is 4.24. The van der Waals surface area contributed by atoms with Crippen molar-refractivity contribution in [1.82, 2.24) is 19.9 Å². The van der Waals surface area contributed by atoms with Crippen LogP contribution in [-0.4, -0.2) is 25.0 Å². The van der Waals surface area contributed by atoms with Crippen LogP contribution in [0.3, 0.4) is 0 Å². The van der Waals surface area contributed by atoms with E-state index < -0.39 is 0 Å². The summed E-state index contributed by atoms with van der Waals surface area (Å²) in [6, 6.07) is 6.62. The Hall–Kier alpha value is -2.83. The highest BCUT2D eigenvalue weighted by atomic mass is 16.5. The largest absolute Gasteiger partial charge is 0.508 e. The minimum absolute atomic E-state index is 0.143.